The highest BCUT2D eigenvalue weighted by atomic mass is 16.5. The van der Waals surface area contributed by atoms with Gasteiger partial charge < -0.3 is 9.47 Å². The van der Waals surface area contributed by atoms with Gasteiger partial charge in [-0.1, -0.05) is 12.1 Å². The molecule has 0 spiro atoms. The summed E-state index contributed by atoms with van der Waals surface area (Å²) in [5.41, 5.74) is 2.55. The number of hydrogen-bond donors (Lipinski definition) is 0. The highest BCUT2D eigenvalue weighted by Gasteiger charge is 2.32. The number of hydrogen-bond acceptors (Lipinski definition) is 3. The van der Waals surface area contributed by atoms with Gasteiger partial charge in [-0.25, -0.2) is 0 Å². The molecule has 1 heterocycles. The van der Waals surface area contributed by atoms with E-state index >= 15 is 0 Å². The Morgan fingerprint density at radius 2 is 2.05 bits per heavy atom. The monoisotopic (exact) mass is 282 g/mol. The maximum Gasteiger partial charge on any atom is 0.169 e. The lowest BCUT2D eigenvalue weighted by atomic mass is 10.0. The molecule has 0 aromatic heterocycles. The molecule has 3 rings (SSSR count). The number of para-hydroxylation sites is 1. The third kappa shape index (κ3) is 2.64. The summed E-state index contributed by atoms with van der Waals surface area (Å²) >= 11 is 0. The van der Waals surface area contributed by atoms with Gasteiger partial charge in [-0.05, 0) is 50.6 Å². The molecule has 108 valence electrons. The van der Waals surface area contributed by atoms with E-state index in [1.165, 1.54) is 5.56 Å². The highest BCUT2D eigenvalue weighted by molar-refractivity contribution is 5.77. The molecule has 0 amide bonds. The normalized spacial score (nSPS) is 15.2. The Labute approximate surface area is 124 Å². The van der Waals surface area contributed by atoms with E-state index in [-0.39, 0.29) is 5.60 Å². The number of rotatable bonds is 3. The first-order valence-corrected chi connectivity index (χ1v) is 7.03. The predicted octanol–water partition coefficient (Wildman–Crippen LogP) is 4.31. The van der Waals surface area contributed by atoms with Crippen LogP contribution in [0, 0.1) is 6.92 Å². The van der Waals surface area contributed by atoms with E-state index in [4.69, 9.17) is 9.47 Å². The summed E-state index contributed by atoms with van der Waals surface area (Å²) in [5.74, 6) is 2.25. The molecule has 0 saturated heterocycles. The van der Waals surface area contributed by atoms with Crippen LogP contribution < -0.4 is 9.47 Å². The van der Waals surface area contributed by atoms with Crippen molar-refractivity contribution in [2.24, 2.45) is 0 Å². The maximum atomic E-state index is 10.9. The van der Waals surface area contributed by atoms with Gasteiger partial charge in [0.05, 0.1) is 0 Å². The van der Waals surface area contributed by atoms with Gasteiger partial charge in [0.2, 0.25) is 0 Å². The molecule has 3 heteroatoms. The fourth-order valence-electron chi connectivity index (χ4n) is 2.64. The predicted molar refractivity (Wildman–Crippen MR) is 81.5 cm³/mol. The number of benzene rings is 2. The lowest BCUT2D eigenvalue weighted by molar-refractivity contribution is 0.112. The molecule has 0 atom stereocenters. The molecule has 0 aliphatic carbocycles. The Bertz CT molecular complexity index is 702. The molecule has 21 heavy (non-hydrogen) atoms. The SMILES string of the molecule is Cc1cc(Oc2cccc3c2OC(C)(C)C3)ccc1C=O. The van der Waals surface area contributed by atoms with Crippen molar-refractivity contribution in [2.75, 3.05) is 0 Å². The van der Waals surface area contributed by atoms with E-state index in [9.17, 15) is 4.79 Å². The zero-order valence-electron chi connectivity index (χ0n) is 12.5. The van der Waals surface area contributed by atoms with Crippen LogP contribution in [-0.4, -0.2) is 11.9 Å². The van der Waals surface area contributed by atoms with Crippen molar-refractivity contribution in [3.05, 3.63) is 53.1 Å². The average Bonchev–Trinajstić information content (AvgIpc) is 2.74. The third-order valence-corrected chi connectivity index (χ3v) is 3.65. The van der Waals surface area contributed by atoms with E-state index in [1.54, 1.807) is 12.1 Å². The second-order valence-corrected chi connectivity index (χ2v) is 6.02. The third-order valence-electron chi connectivity index (χ3n) is 3.65. The summed E-state index contributed by atoms with van der Waals surface area (Å²) in [7, 11) is 0. The first-order valence-electron chi connectivity index (χ1n) is 7.03. The molecule has 2 aromatic carbocycles. The molecule has 0 N–H and O–H groups in total. The Morgan fingerprint density at radius 3 is 2.76 bits per heavy atom. The Hall–Kier alpha value is -2.29. The molecular weight excluding hydrogens is 264 g/mol. The van der Waals surface area contributed by atoms with Gasteiger partial charge >= 0.3 is 0 Å². The number of ether oxygens (including phenoxy) is 2. The van der Waals surface area contributed by atoms with Gasteiger partial charge in [-0.3, -0.25) is 4.79 Å². The first kappa shape index (κ1) is 13.7. The van der Waals surface area contributed by atoms with Crippen molar-refractivity contribution in [1.29, 1.82) is 0 Å². The van der Waals surface area contributed by atoms with E-state index in [1.807, 2.05) is 25.1 Å². The molecule has 0 radical (unpaired) electrons. The van der Waals surface area contributed by atoms with Crippen LogP contribution in [0.4, 0.5) is 0 Å². The van der Waals surface area contributed by atoms with E-state index < -0.39 is 0 Å². The van der Waals surface area contributed by atoms with Crippen molar-refractivity contribution >= 4 is 6.29 Å². The highest BCUT2D eigenvalue weighted by Crippen LogP contribution is 2.43. The van der Waals surface area contributed by atoms with Crippen LogP contribution in [0.2, 0.25) is 0 Å². The van der Waals surface area contributed by atoms with Gasteiger partial charge in [0.1, 0.15) is 17.6 Å². The number of fused-ring (bicyclic) bond motifs is 1. The summed E-state index contributed by atoms with van der Waals surface area (Å²) in [6.07, 6.45) is 1.73. The Kier molecular flexibility index (Phi) is 3.20. The lowest BCUT2D eigenvalue weighted by Gasteiger charge is -2.18. The molecule has 0 bridgehead atoms. The molecular formula is C18H18O3. The fourth-order valence-corrected chi connectivity index (χ4v) is 2.64. The fraction of sp³-hybridized carbons (Fsp3) is 0.278. The van der Waals surface area contributed by atoms with Crippen LogP contribution in [0.15, 0.2) is 36.4 Å². The number of aldehydes is 1. The van der Waals surface area contributed by atoms with Crippen LogP contribution in [0.25, 0.3) is 0 Å². The zero-order valence-corrected chi connectivity index (χ0v) is 12.5. The molecule has 1 aliphatic rings. The van der Waals surface area contributed by atoms with Crippen LogP contribution in [0.3, 0.4) is 0 Å². The molecule has 0 saturated carbocycles. The van der Waals surface area contributed by atoms with Gasteiger partial charge in [0, 0.05) is 17.5 Å². The van der Waals surface area contributed by atoms with Crippen molar-refractivity contribution in [3.63, 3.8) is 0 Å². The van der Waals surface area contributed by atoms with Crippen LogP contribution in [-0.2, 0) is 6.42 Å². The summed E-state index contributed by atoms with van der Waals surface area (Å²) in [6.45, 7) is 6.03. The van der Waals surface area contributed by atoms with Gasteiger partial charge in [-0.2, -0.15) is 0 Å². The molecule has 2 aromatic rings. The van der Waals surface area contributed by atoms with Gasteiger partial charge in [-0.15, -0.1) is 0 Å². The first-order chi connectivity index (χ1) is 9.98. The zero-order chi connectivity index (χ0) is 15.0. The minimum Gasteiger partial charge on any atom is -0.483 e. The van der Waals surface area contributed by atoms with Crippen molar-refractivity contribution in [2.45, 2.75) is 32.8 Å². The van der Waals surface area contributed by atoms with Crippen LogP contribution in [0.5, 0.6) is 17.2 Å². The van der Waals surface area contributed by atoms with Crippen molar-refractivity contribution in [3.8, 4) is 17.2 Å². The average molecular weight is 282 g/mol. The van der Waals surface area contributed by atoms with E-state index in [0.717, 1.165) is 29.8 Å². The standard InChI is InChI=1S/C18H18O3/c1-12-9-15(8-7-14(12)11-19)20-16-6-4-5-13-10-18(2,3)21-17(13)16/h4-9,11H,10H2,1-3H3. The van der Waals surface area contributed by atoms with Crippen molar-refractivity contribution in [1.82, 2.24) is 0 Å². The molecule has 1 aliphatic heterocycles. The topological polar surface area (TPSA) is 35.5 Å². The molecule has 0 unspecified atom stereocenters. The van der Waals surface area contributed by atoms with Gasteiger partial charge in [0.15, 0.2) is 11.5 Å². The maximum absolute atomic E-state index is 10.9. The van der Waals surface area contributed by atoms with Crippen LogP contribution in [0.1, 0.15) is 35.3 Å². The summed E-state index contributed by atoms with van der Waals surface area (Å²) < 4.78 is 11.9. The molecule has 3 nitrogen and oxygen atoms in total. The van der Waals surface area contributed by atoms with E-state index in [0.29, 0.717) is 11.3 Å². The quantitative estimate of drug-likeness (QED) is 0.787. The summed E-state index contributed by atoms with van der Waals surface area (Å²) in [5, 5.41) is 0. The smallest absolute Gasteiger partial charge is 0.169 e. The molecule has 0 fully saturated rings. The van der Waals surface area contributed by atoms with Crippen LogP contribution >= 0.6 is 0 Å². The largest absolute Gasteiger partial charge is 0.483 e. The number of carbonyl (C=O) groups is 1. The van der Waals surface area contributed by atoms with E-state index in [2.05, 4.69) is 19.9 Å². The Balaban J connectivity index is 1.92. The summed E-state index contributed by atoms with van der Waals surface area (Å²) in [4.78, 5) is 10.9. The Morgan fingerprint density at radius 1 is 1.24 bits per heavy atom. The van der Waals surface area contributed by atoms with Crippen molar-refractivity contribution < 1.29 is 14.3 Å². The number of carbonyl (C=O) groups excluding carboxylic acids is 1. The lowest BCUT2D eigenvalue weighted by Crippen LogP contribution is -2.24. The summed E-state index contributed by atoms with van der Waals surface area (Å²) in [6, 6.07) is 11.4. The number of aryl methyl sites for hydroxylation is 1. The minimum atomic E-state index is -0.195. The minimum absolute atomic E-state index is 0.195. The second kappa shape index (κ2) is 4.92. The van der Waals surface area contributed by atoms with Gasteiger partial charge in [0.25, 0.3) is 0 Å². The second-order valence-electron chi connectivity index (χ2n) is 6.02.